The van der Waals surface area contributed by atoms with Crippen LogP contribution in [0.1, 0.15) is 47.4 Å². The van der Waals surface area contributed by atoms with E-state index >= 15 is 0 Å². The summed E-state index contributed by atoms with van der Waals surface area (Å²) in [4.78, 5) is 29.3. The summed E-state index contributed by atoms with van der Waals surface area (Å²) in [7, 11) is 1.30. The lowest BCUT2D eigenvalue weighted by Gasteiger charge is -2.22. The van der Waals surface area contributed by atoms with Crippen molar-refractivity contribution in [1.82, 2.24) is 4.98 Å². The third-order valence-electron chi connectivity index (χ3n) is 4.97. The first-order chi connectivity index (χ1) is 13.9. The smallest absolute Gasteiger partial charge is 0.339 e. The molecule has 3 rings (SSSR count). The van der Waals surface area contributed by atoms with Gasteiger partial charge in [-0.3, -0.25) is 4.79 Å². The van der Waals surface area contributed by atoms with Crippen molar-refractivity contribution in [2.45, 2.75) is 43.4 Å². The zero-order valence-corrected chi connectivity index (χ0v) is 17.5. The quantitative estimate of drug-likeness (QED) is 0.593. The van der Waals surface area contributed by atoms with Crippen molar-refractivity contribution >= 4 is 29.3 Å². The van der Waals surface area contributed by atoms with Gasteiger partial charge >= 0.3 is 5.97 Å². The fraction of sp³-hybridized carbons (Fsp3) is 0.364. The number of hydrogen-bond acceptors (Lipinski definition) is 6. The van der Waals surface area contributed by atoms with Crippen LogP contribution in [-0.2, 0) is 22.4 Å². The maximum absolute atomic E-state index is 12.7. The molecule has 0 radical (unpaired) electrons. The molecule has 0 aliphatic heterocycles. The summed E-state index contributed by atoms with van der Waals surface area (Å²) in [6.45, 7) is 3.96. The average Bonchev–Trinajstić information content (AvgIpc) is 2.73. The summed E-state index contributed by atoms with van der Waals surface area (Å²) < 4.78 is 4.76. The summed E-state index contributed by atoms with van der Waals surface area (Å²) in [5, 5.41) is 12.4. The second-order valence-electron chi connectivity index (χ2n) is 7.19. The zero-order chi connectivity index (χ0) is 21.0. The number of nitriles is 1. The van der Waals surface area contributed by atoms with Gasteiger partial charge in [-0.05, 0) is 55.9 Å². The van der Waals surface area contributed by atoms with Crippen molar-refractivity contribution in [2.24, 2.45) is 5.92 Å². The maximum Gasteiger partial charge on any atom is 0.339 e. The van der Waals surface area contributed by atoms with Crippen LogP contribution in [0.2, 0.25) is 0 Å². The van der Waals surface area contributed by atoms with E-state index in [0.29, 0.717) is 27.8 Å². The number of aromatic nitrogens is 1. The third kappa shape index (κ3) is 4.77. The lowest BCUT2D eigenvalue weighted by Crippen LogP contribution is -2.24. The van der Waals surface area contributed by atoms with E-state index in [-0.39, 0.29) is 5.91 Å². The van der Waals surface area contributed by atoms with Gasteiger partial charge < -0.3 is 10.1 Å². The van der Waals surface area contributed by atoms with E-state index in [0.717, 1.165) is 30.5 Å². The van der Waals surface area contributed by atoms with Crippen LogP contribution in [0.5, 0.6) is 0 Å². The fourth-order valence-electron chi connectivity index (χ4n) is 3.33. The molecule has 0 spiro atoms. The van der Waals surface area contributed by atoms with Gasteiger partial charge in [0.15, 0.2) is 0 Å². The molecule has 1 aliphatic rings. The number of hydrogen-bond donors (Lipinski definition) is 1. The Kier molecular flexibility index (Phi) is 6.55. The highest BCUT2D eigenvalue weighted by Gasteiger charge is 2.23. The van der Waals surface area contributed by atoms with Gasteiger partial charge in [0.2, 0.25) is 5.91 Å². The van der Waals surface area contributed by atoms with Crippen molar-refractivity contribution < 1.29 is 14.3 Å². The van der Waals surface area contributed by atoms with Gasteiger partial charge in [0.1, 0.15) is 11.1 Å². The van der Waals surface area contributed by atoms with Crippen LogP contribution < -0.4 is 5.32 Å². The predicted molar refractivity (Wildman–Crippen MR) is 112 cm³/mol. The first kappa shape index (κ1) is 20.9. The topological polar surface area (TPSA) is 92.1 Å². The summed E-state index contributed by atoms with van der Waals surface area (Å²) in [5.74, 6) is -0.198. The normalized spacial score (nSPS) is 16.3. The summed E-state index contributed by atoms with van der Waals surface area (Å²) in [5.41, 5.74) is 3.34. The van der Waals surface area contributed by atoms with Crippen molar-refractivity contribution in [3.05, 3.63) is 52.7 Å². The van der Waals surface area contributed by atoms with Crippen LogP contribution in [0.4, 0.5) is 5.69 Å². The van der Waals surface area contributed by atoms with Gasteiger partial charge in [-0.1, -0.05) is 30.8 Å². The summed E-state index contributed by atoms with van der Waals surface area (Å²) >= 11 is 1.25. The van der Waals surface area contributed by atoms with Crippen LogP contribution >= 0.6 is 11.8 Å². The van der Waals surface area contributed by atoms with E-state index < -0.39 is 11.2 Å². The minimum Gasteiger partial charge on any atom is -0.465 e. The van der Waals surface area contributed by atoms with Crippen molar-refractivity contribution in [3.63, 3.8) is 0 Å². The zero-order valence-electron chi connectivity index (χ0n) is 16.7. The number of ether oxygens (including phenoxy) is 1. The number of nitrogens with one attached hydrogen (secondary N) is 1. The number of methoxy groups -OCH3 is 1. The maximum atomic E-state index is 12.7. The first-order valence-electron chi connectivity index (χ1n) is 9.50. The van der Waals surface area contributed by atoms with Gasteiger partial charge in [0, 0.05) is 5.69 Å². The SMILES string of the molecule is COC(=O)c1ccccc1NC(=O)C(C)Sc1nc2c(cc1C#N)CC(C)CC2. The molecular formula is C22H23N3O3S. The molecule has 1 amide bonds. The van der Waals surface area contributed by atoms with Gasteiger partial charge in [0.25, 0.3) is 0 Å². The lowest BCUT2D eigenvalue weighted by molar-refractivity contribution is -0.115. The highest BCUT2D eigenvalue weighted by Crippen LogP contribution is 2.31. The Morgan fingerprint density at radius 2 is 2.14 bits per heavy atom. The van der Waals surface area contributed by atoms with E-state index in [4.69, 9.17) is 9.72 Å². The van der Waals surface area contributed by atoms with E-state index in [9.17, 15) is 14.9 Å². The van der Waals surface area contributed by atoms with Crippen LogP contribution in [0.3, 0.4) is 0 Å². The molecule has 1 heterocycles. The molecule has 6 nitrogen and oxygen atoms in total. The van der Waals surface area contributed by atoms with Gasteiger partial charge in [-0.15, -0.1) is 0 Å². The molecule has 0 saturated carbocycles. The molecule has 0 fully saturated rings. The standard InChI is InChI=1S/C22H23N3O3S/c1-13-8-9-18-15(10-13)11-16(12-23)21(25-18)29-14(2)20(26)24-19-7-5-4-6-17(19)22(27)28-3/h4-7,11,13-14H,8-10H2,1-3H3,(H,24,26). The van der Waals surface area contributed by atoms with Crippen LogP contribution in [-0.4, -0.2) is 29.2 Å². The number of benzene rings is 1. The van der Waals surface area contributed by atoms with Crippen LogP contribution in [0, 0.1) is 17.2 Å². The summed E-state index contributed by atoms with van der Waals surface area (Å²) in [6, 6.07) is 10.8. The number of carbonyl (C=O) groups excluding carboxylic acids is 2. The monoisotopic (exact) mass is 409 g/mol. The van der Waals surface area contributed by atoms with Crippen molar-refractivity contribution in [3.8, 4) is 6.07 Å². The van der Waals surface area contributed by atoms with Gasteiger partial charge in [0.05, 0.1) is 29.2 Å². The Labute approximate surface area is 174 Å². The van der Waals surface area contributed by atoms with Gasteiger partial charge in [-0.2, -0.15) is 5.26 Å². The second kappa shape index (κ2) is 9.10. The molecule has 1 N–H and O–H groups in total. The Morgan fingerprint density at radius 1 is 1.38 bits per heavy atom. The Hall–Kier alpha value is -2.85. The molecule has 2 aromatic rings. The number of para-hydroxylation sites is 1. The number of nitrogens with zero attached hydrogens (tertiary/aromatic N) is 2. The number of pyridine rings is 1. The molecule has 0 bridgehead atoms. The molecular weight excluding hydrogens is 386 g/mol. The fourth-order valence-corrected chi connectivity index (χ4v) is 4.23. The van der Waals surface area contributed by atoms with Crippen molar-refractivity contribution in [2.75, 3.05) is 12.4 Å². The number of amides is 1. The van der Waals surface area contributed by atoms with E-state index in [1.807, 2.05) is 6.07 Å². The molecule has 0 saturated heterocycles. The molecule has 1 aliphatic carbocycles. The number of rotatable bonds is 5. The first-order valence-corrected chi connectivity index (χ1v) is 10.4. The Morgan fingerprint density at radius 3 is 2.86 bits per heavy atom. The lowest BCUT2D eigenvalue weighted by atomic mass is 9.87. The highest BCUT2D eigenvalue weighted by atomic mass is 32.2. The molecule has 2 unspecified atom stereocenters. The van der Waals surface area contributed by atoms with Gasteiger partial charge in [-0.25, -0.2) is 9.78 Å². The van der Waals surface area contributed by atoms with E-state index in [2.05, 4.69) is 18.3 Å². The largest absolute Gasteiger partial charge is 0.465 e. The number of fused-ring (bicyclic) bond motifs is 1. The molecule has 150 valence electrons. The van der Waals surface area contributed by atoms with Crippen LogP contribution in [0.25, 0.3) is 0 Å². The molecule has 7 heteroatoms. The number of aryl methyl sites for hydroxylation is 1. The number of carbonyl (C=O) groups is 2. The average molecular weight is 410 g/mol. The predicted octanol–water partition coefficient (Wildman–Crippen LogP) is 3.98. The van der Waals surface area contributed by atoms with Crippen molar-refractivity contribution in [1.29, 1.82) is 5.26 Å². The summed E-state index contributed by atoms with van der Waals surface area (Å²) in [6.07, 6.45) is 2.90. The molecule has 2 atom stereocenters. The Bertz CT molecular complexity index is 984. The number of anilines is 1. The molecule has 1 aromatic heterocycles. The number of esters is 1. The Balaban J connectivity index is 1.77. The molecule has 29 heavy (non-hydrogen) atoms. The third-order valence-corrected chi connectivity index (χ3v) is 6.07. The minimum atomic E-state index is -0.515. The van der Waals surface area contributed by atoms with E-state index in [1.165, 1.54) is 18.9 Å². The molecule has 1 aromatic carbocycles. The number of thioether (sulfide) groups is 1. The highest BCUT2D eigenvalue weighted by molar-refractivity contribution is 8.00. The van der Waals surface area contributed by atoms with E-state index in [1.54, 1.807) is 31.2 Å². The van der Waals surface area contributed by atoms with Crippen LogP contribution in [0.15, 0.2) is 35.4 Å². The second-order valence-corrected chi connectivity index (χ2v) is 8.52. The minimum absolute atomic E-state index is 0.275.